The minimum absolute atomic E-state index is 0.00950. The number of nitrogens with zero attached hydrogens (tertiary/aromatic N) is 5. The van der Waals surface area contributed by atoms with Crippen LogP contribution in [0.1, 0.15) is 38.5 Å². The van der Waals surface area contributed by atoms with Gasteiger partial charge in [-0.05, 0) is 35.2 Å². The van der Waals surface area contributed by atoms with Crippen LogP contribution in [-0.4, -0.2) is 62.1 Å². The van der Waals surface area contributed by atoms with E-state index in [0.717, 1.165) is 32.1 Å². The molecule has 1 aliphatic carbocycles. The molecule has 3 heterocycles. The molecule has 2 aromatic rings. The van der Waals surface area contributed by atoms with Crippen LogP contribution in [0.25, 0.3) is 11.0 Å². The zero-order valence-electron chi connectivity index (χ0n) is 16.3. The molecule has 0 aromatic carbocycles. The fourth-order valence-electron chi connectivity index (χ4n) is 4.53. The first kappa shape index (κ1) is 20.5. The summed E-state index contributed by atoms with van der Waals surface area (Å²) in [5.74, 6) is -0.0953. The van der Waals surface area contributed by atoms with Gasteiger partial charge in [-0.3, -0.25) is 14.2 Å². The standard InChI is InChI=1S/C18H24BrN5O4S/c1-22-17-15(16(19)21-22)18(26)23(11-20-17)9-14(25)24(12-5-3-2-4-6-12)13-7-8-29(27,28)10-13/h11-13H,2-10H2,1H3. The van der Waals surface area contributed by atoms with E-state index < -0.39 is 9.84 Å². The van der Waals surface area contributed by atoms with Crippen LogP contribution in [0, 0.1) is 0 Å². The van der Waals surface area contributed by atoms with E-state index in [1.54, 1.807) is 11.9 Å². The Morgan fingerprint density at radius 2 is 1.97 bits per heavy atom. The number of amides is 1. The van der Waals surface area contributed by atoms with Crippen molar-refractivity contribution in [2.45, 2.75) is 57.2 Å². The van der Waals surface area contributed by atoms with Crippen molar-refractivity contribution in [2.75, 3.05) is 11.5 Å². The van der Waals surface area contributed by atoms with E-state index in [1.807, 2.05) is 0 Å². The molecule has 1 atom stereocenters. The van der Waals surface area contributed by atoms with E-state index in [1.165, 1.54) is 15.6 Å². The quantitative estimate of drug-likeness (QED) is 0.644. The molecule has 1 saturated heterocycles. The van der Waals surface area contributed by atoms with Gasteiger partial charge in [0.2, 0.25) is 5.91 Å². The summed E-state index contributed by atoms with van der Waals surface area (Å²) >= 11 is 3.28. The second kappa shape index (κ2) is 7.82. The largest absolute Gasteiger partial charge is 0.334 e. The first-order chi connectivity index (χ1) is 13.8. The Balaban J connectivity index is 1.64. The van der Waals surface area contributed by atoms with Gasteiger partial charge in [-0.2, -0.15) is 5.10 Å². The van der Waals surface area contributed by atoms with Gasteiger partial charge >= 0.3 is 0 Å². The molecule has 4 rings (SSSR count). The highest BCUT2D eigenvalue weighted by atomic mass is 79.9. The number of hydrogen-bond donors (Lipinski definition) is 0. The van der Waals surface area contributed by atoms with Crippen LogP contribution in [0.3, 0.4) is 0 Å². The lowest BCUT2D eigenvalue weighted by molar-refractivity contribution is -0.137. The number of halogens is 1. The third-order valence-electron chi connectivity index (χ3n) is 5.93. The van der Waals surface area contributed by atoms with E-state index in [0.29, 0.717) is 22.1 Å². The Morgan fingerprint density at radius 1 is 1.24 bits per heavy atom. The van der Waals surface area contributed by atoms with E-state index in [4.69, 9.17) is 0 Å². The molecule has 0 spiro atoms. The molecule has 29 heavy (non-hydrogen) atoms. The highest BCUT2D eigenvalue weighted by molar-refractivity contribution is 9.10. The number of carbonyl (C=O) groups excluding carboxylic acids is 1. The van der Waals surface area contributed by atoms with Crippen LogP contribution in [0.5, 0.6) is 0 Å². The highest BCUT2D eigenvalue weighted by Gasteiger charge is 2.38. The maximum absolute atomic E-state index is 13.3. The summed E-state index contributed by atoms with van der Waals surface area (Å²) < 4.78 is 27.2. The Bertz CT molecular complexity index is 1100. The van der Waals surface area contributed by atoms with Gasteiger partial charge in [-0.1, -0.05) is 19.3 Å². The van der Waals surface area contributed by atoms with E-state index in [-0.39, 0.29) is 41.6 Å². The molecular formula is C18H24BrN5O4S. The van der Waals surface area contributed by atoms with Crippen LogP contribution in [-0.2, 0) is 28.2 Å². The monoisotopic (exact) mass is 485 g/mol. The average molecular weight is 486 g/mol. The van der Waals surface area contributed by atoms with Crippen LogP contribution in [0.2, 0.25) is 0 Å². The van der Waals surface area contributed by atoms with Crippen molar-refractivity contribution in [3.05, 3.63) is 21.3 Å². The molecule has 2 aromatic heterocycles. The van der Waals surface area contributed by atoms with Gasteiger partial charge < -0.3 is 4.90 Å². The minimum atomic E-state index is -3.12. The maximum atomic E-state index is 13.3. The lowest BCUT2D eigenvalue weighted by atomic mass is 9.93. The number of fused-ring (bicyclic) bond motifs is 1. The molecule has 1 unspecified atom stereocenters. The predicted molar refractivity (Wildman–Crippen MR) is 111 cm³/mol. The fraction of sp³-hybridized carbons (Fsp3) is 0.667. The fourth-order valence-corrected chi connectivity index (χ4v) is 6.83. The third-order valence-corrected chi connectivity index (χ3v) is 8.24. The van der Waals surface area contributed by atoms with Crippen molar-refractivity contribution >= 4 is 42.7 Å². The number of hydrogen-bond acceptors (Lipinski definition) is 6. The molecular weight excluding hydrogens is 462 g/mol. The van der Waals surface area contributed by atoms with Crippen LogP contribution in [0.4, 0.5) is 0 Å². The van der Waals surface area contributed by atoms with Crippen molar-refractivity contribution in [3.8, 4) is 0 Å². The van der Waals surface area contributed by atoms with Gasteiger partial charge in [0.15, 0.2) is 15.5 Å². The number of rotatable bonds is 4. The van der Waals surface area contributed by atoms with Crippen molar-refractivity contribution in [2.24, 2.45) is 7.05 Å². The zero-order chi connectivity index (χ0) is 20.8. The minimum Gasteiger partial charge on any atom is -0.334 e. The summed E-state index contributed by atoms with van der Waals surface area (Å²) in [4.78, 5) is 32.2. The van der Waals surface area contributed by atoms with E-state index in [2.05, 4.69) is 26.0 Å². The molecule has 0 bridgehead atoms. The van der Waals surface area contributed by atoms with Gasteiger partial charge in [0.25, 0.3) is 5.56 Å². The van der Waals surface area contributed by atoms with Crippen molar-refractivity contribution in [3.63, 3.8) is 0 Å². The topological polar surface area (TPSA) is 107 Å². The summed E-state index contributed by atoms with van der Waals surface area (Å²) in [6.45, 7) is -0.157. The number of sulfone groups is 1. The lowest BCUT2D eigenvalue weighted by Crippen LogP contribution is -2.50. The molecule has 2 aliphatic rings. The second-order valence-electron chi connectivity index (χ2n) is 7.94. The molecule has 0 radical (unpaired) electrons. The van der Waals surface area contributed by atoms with E-state index in [9.17, 15) is 18.0 Å². The second-order valence-corrected chi connectivity index (χ2v) is 10.9. The van der Waals surface area contributed by atoms with Crippen LogP contribution >= 0.6 is 15.9 Å². The van der Waals surface area contributed by atoms with E-state index >= 15 is 0 Å². The van der Waals surface area contributed by atoms with Gasteiger partial charge in [0.1, 0.15) is 22.9 Å². The smallest absolute Gasteiger partial charge is 0.266 e. The highest BCUT2D eigenvalue weighted by Crippen LogP contribution is 2.28. The molecule has 158 valence electrons. The van der Waals surface area contributed by atoms with Gasteiger partial charge in [0.05, 0.1) is 11.5 Å². The van der Waals surface area contributed by atoms with Crippen LogP contribution in [0.15, 0.2) is 15.7 Å². The Hall–Kier alpha value is -1.75. The zero-order valence-corrected chi connectivity index (χ0v) is 18.7. The summed E-state index contributed by atoms with van der Waals surface area (Å²) in [7, 11) is -1.42. The lowest BCUT2D eigenvalue weighted by Gasteiger charge is -2.38. The van der Waals surface area contributed by atoms with Gasteiger partial charge in [0, 0.05) is 19.1 Å². The van der Waals surface area contributed by atoms with Crippen molar-refractivity contribution in [1.82, 2.24) is 24.2 Å². The molecule has 9 nitrogen and oxygen atoms in total. The van der Waals surface area contributed by atoms with Crippen molar-refractivity contribution < 1.29 is 13.2 Å². The summed E-state index contributed by atoms with van der Waals surface area (Å²) in [5.41, 5.74) is 0.0996. The predicted octanol–water partition coefficient (Wildman–Crippen LogP) is 1.24. The molecule has 1 aliphatic heterocycles. The third kappa shape index (κ3) is 3.98. The van der Waals surface area contributed by atoms with Crippen LogP contribution < -0.4 is 5.56 Å². The summed E-state index contributed by atoms with van der Waals surface area (Å²) in [6.07, 6.45) is 6.78. The Kier molecular flexibility index (Phi) is 5.54. The summed E-state index contributed by atoms with van der Waals surface area (Å²) in [5, 5.41) is 4.48. The molecule has 1 saturated carbocycles. The number of aromatic nitrogens is 4. The normalized spacial score (nSPS) is 22.2. The summed E-state index contributed by atoms with van der Waals surface area (Å²) in [6, 6.07) is -0.278. The Morgan fingerprint density at radius 3 is 2.62 bits per heavy atom. The first-order valence-electron chi connectivity index (χ1n) is 9.86. The number of carbonyl (C=O) groups is 1. The molecule has 0 N–H and O–H groups in total. The maximum Gasteiger partial charge on any atom is 0.266 e. The average Bonchev–Trinajstić information content (AvgIpc) is 3.17. The number of aryl methyl sites for hydroxylation is 1. The molecule has 11 heteroatoms. The SMILES string of the molecule is Cn1nc(Br)c2c(=O)n(CC(=O)N(C3CCCCC3)C3CCS(=O)(=O)C3)cnc21. The first-order valence-corrected chi connectivity index (χ1v) is 12.5. The van der Waals surface area contributed by atoms with Gasteiger partial charge in [-0.25, -0.2) is 18.1 Å². The van der Waals surface area contributed by atoms with Crippen molar-refractivity contribution in [1.29, 1.82) is 0 Å². The molecule has 1 amide bonds. The van der Waals surface area contributed by atoms with Gasteiger partial charge in [-0.15, -0.1) is 0 Å². The Labute approximate surface area is 177 Å². The molecule has 2 fully saturated rings.